The smallest absolute Gasteiger partial charge is 0.233 e. The first-order valence-electron chi connectivity index (χ1n) is 8.35. The first kappa shape index (κ1) is 17.5. The normalized spacial score (nSPS) is 14.8. The van der Waals surface area contributed by atoms with Gasteiger partial charge in [0.25, 0.3) is 0 Å². The Morgan fingerprint density at radius 2 is 1.76 bits per heavy atom. The topological polar surface area (TPSA) is 81.2 Å². The van der Waals surface area contributed by atoms with Crippen molar-refractivity contribution in [1.82, 2.24) is 15.0 Å². The second-order valence-electron chi connectivity index (χ2n) is 5.92. The van der Waals surface area contributed by atoms with Crippen LogP contribution in [0, 0.1) is 0 Å². The van der Waals surface area contributed by atoms with Crippen LogP contribution in [-0.2, 0) is 0 Å². The number of nitrogens with zero attached hydrogens (tertiary/aromatic N) is 3. The van der Waals surface area contributed by atoms with E-state index in [0.29, 0.717) is 35.1 Å². The number of hydrogen-bond acceptors (Lipinski definition) is 7. The second-order valence-corrected chi connectivity index (χ2v) is 6.26. The highest BCUT2D eigenvalue weighted by atomic mass is 35.5. The van der Waals surface area contributed by atoms with Crippen LogP contribution in [0.3, 0.4) is 0 Å². The number of nitrogens with one attached hydrogen (secondary N) is 2. The third kappa shape index (κ3) is 4.63. The Labute approximate surface area is 152 Å². The van der Waals surface area contributed by atoms with Crippen LogP contribution >= 0.6 is 11.6 Å². The molecule has 2 N–H and O–H groups in total. The van der Waals surface area contributed by atoms with Crippen LogP contribution in [0.1, 0.15) is 32.1 Å². The first-order chi connectivity index (χ1) is 12.2. The number of anilines is 3. The molecule has 1 aliphatic rings. The minimum absolute atomic E-state index is 0.142. The van der Waals surface area contributed by atoms with Crippen LogP contribution in [0.4, 0.5) is 17.6 Å². The minimum atomic E-state index is 0.142. The molecule has 3 rings (SSSR count). The predicted octanol–water partition coefficient (Wildman–Crippen LogP) is 4.03. The molecule has 7 nitrogen and oxygen atoms in total. The number of aromatic nitrogens is 3. The van der Waals surface area contributed by atoms with E-state index in [2.05, 4.69) is 25.6 Å². The van der Waals surface area contributed by atoms with Crippen LogP contribution in [0.5, 0.6) is 11.5 Å². The van der Waals surface area contributed by atoms with Gasteiger partial charge in [0.2, 0.25) is 17.2 Å². The van der Waals surface area contributed by atoms with Gasteiger partial charge in [-0.2, -0.15) is 15.0 Å². The van der Waals surface area contributed by atoms with Gasteiger partial charge in [-0.25, -0.2) is 0 Å². The monoisotopic (exact) mass is 363 g/mol. The summed E-state index contributed by atoms with van der Waals surface area (Å²) < 4.78 is 10.6. The second kappa shape index (κ2) is 8.20. The number of hydrogen-bond donors (Lipinski definition) is 2. The van der Waals surface area contributed by atoms with E-state index in [1.54, 1.807) is 20.3 Å². The highest BCUT2D eigenvalue weighted by Gasteiger charge is 2.16. The third-order valence-corrected chi connectivity index (χ3v) is 4.37. The zero-order valence-electron chi connectivity index (χ0n) is 14.4. The van der Waals surface area contributed by atoms with E-state index in [1.165, 1.54) is 19.3 Å². The molecule has 1 fully saturated rings. The average molecular weight is 364 g/mol. The lowest BCUT2D eigenvalue weighted by Crippen LogP contribution is -2.23. The number of rotatable bonds is 6. The molecule has 0 atom stereocenters. The van der Waals surface area contributed by atoms with E-state index < -0.39 is 0 Å². The van der Waals surface area contributed by atoms with Gasteiger partial charge in [0, 0.05) is 12.1 Å². The van der Waals surface area contributed by atoms with E-state index in [1.807, 2.05) is 12.1 Å². The fourth-order valence-corrected chi connectivity index (χ4v) is 3.08. The Morgan fingerprint density at radius 1 is 1.00 bits per heavy atom. The Morgan fingerprint density at radius 3 is 2.48 bits per heavy atom. The van der Waals surface area contributed by atoms with Gasteiger partial charge < -0.3 is 20.1 Å². The van der Waals surface area contributed by atoms with Crippen LogP contribution in [-0.4, -0.2) is 35.2 Å². The van der Waals surface area contributed by atoms with Crippen molar-refractivity contribution in [3.63, 3.8) is 0 Å². The summed E-state index contributed by atoms with van der Waals surface area (Å²) >= 11 is 6.06. The van der Waals surface area contributed by atoms with E-state index in [-0.39, 0.29) is 5.28 Å². The van der Waals surface area contributed by atoms with Crippen molar-refractivity contribution < 1.29 is 9.47 Å². The van der Waals surface area contributed by atoms with E-state index in [4.69, 9.17) is 21.1 Å². The largest absolute Gasteiger partial charge is 0.497 e. The maximum absolute atomic E-state index is 6.06. The summed E-state index contributed by atoms with van der Waals surface area (Å²) in [5, 5.41) is 6.62. The highest BCUT2D eigenvalue weighted by Crippen LogP contribution is 2.31. The highest BCUT2D eigenvalue weighted by molar-refractivity contribution is 6.28. The number of ether oxygens (including phenoxy) is 2. The Kier molecular flexibility index (Phi) is 5.75. The predicted molar refractivity (Wildman–Crippen MR) is 98.2 cm³/mol. The van der Waals surface area contributed by atoms with Gasteiger partial charge in [0.1, 0.15) is 11.5 Å². The summed E-state index contributed by atoms with van der Waals surface area (Å²) in [7, 11) is 3.20. The first-order valence-corrected chi connectivity index (χ1v) is 8.73. The molecule has 0 aliphatic heterocycles. The van der Waals surface area contributed by atoms with Gasteiger partial charge in [0.05, 0.1) is 19.9 Å². The molecule has 8 heteroatoms. The summed E-state index contributed by atoms with van der Waals surface area (Å²) in [5.41, 5.74) is 0.717. The van der Waals surface area contributed by atoms with Crippen molar-refractivity contribution in [3.8, 4) is 11.5 Å². The van der Waals surface area contributed by atoms with Gasteiger partial charge in [-0.3, -0.25) is 0 Å². The number of methoxy groups -OCH3 is 2. The maximum atomic E-state index is 6.06. The van der Waals surface area contributed by atoms with Crippen LogP contribution < -0.4 is 20.1 Å². The van der Waals surface area contributed by atoms with Gasteiger partial charge in [-0.1, -0.05) is 19.3 Å². The zero-order valence-corrected chi connectivity index (χ0v) is 15.1. The summed E-state index contributed by atoms with van der Waals surface area (Å²) in [5.74, 6) is 2.18. The molecule has 0 amide bonds. The molecule has 0 radical (unpaired) electrons. The molecule has 1 aliphatic carbocycles. The standard InChI is InChI=1S/C17H22ClN5O2/c1-24-12-8-9-13(14(10-12)25-2)20-17-22-15(18)21-16(23-17)19-11-6-4-3-5-7-11/h8-11H,3-7H2,1-2H3,(H2,19,20,21,22,23). The van der Waals surface area contributed by atoms with E-state index >= 15 is 0 Å². The molecule has 0 saturated heterocycles. The van der Waals surface area contributed by atoms with Crippen LogP contribution in [0.2, 0.25) is 5.28 Å². The molecule has 1 saturated carbocycles. The lowest BCUT2D eigenvalue weighted by molar-refractivity contribution is 0.395. The SMILES string of the molecule is COc1ccc(Nc2nc(Cl)nc(NC3CCCCC3)n2)c(OC)c1. The molecule has 0 bridgehead atoms. The van der Waals surface area contributed by atoms with Crippen molar-refractivity contribution >= 4 is 29.2 Å². The average Bonchev–Trinajstić information content (AvgIpc) is 2.62. The molecular formula is C17H22ClN5O2. The molecule has 0 unspecified atom stereocenters. The quantitative estimate of drug-likeness (QED) is 0.801. The Bertz CT molecular complexity index is 722. The van der Waals surface area contributed by atoms with Crippen molar-refractivity contribution in [2.45, 2.75) is 38.1 Å². The van der Waals surface area contributed by atoms with Gasteiger partial charge in [0.15, 0.2) is 0 Å². The van der Waals surface area contributed by atoms with E-state index in [0.717, 1.165) is 12.8 Å². The van der Waals surface area contributed by atoms with Crippen LogP contribution in [0.25, 0.3) is 0 Å². The minimum Gasteiger partial charge on any atom is -0.497 e. The summed E-state index contributed by atoms with van der Waals surface area (Å²) in [6, 6.07) is 5.83. The van der Waals surface area contributed by atoms with Crippen molar-refractivity contribution in [3.05, 3.63) is 23.5 Å². The number of benzene rings is 1. The molecule has 25 heavy (non-hydrogen) atoms. The molecule has 2 aromatic rings. The van der Waals surface area contributed by atoms with Gasteiger partial charge in [-0.05, 0) is 36.6 Å². The van der Waals surface area contributed by atoms with E-state index in [9.17, 15) is 0 Å². The fraction of sp³-hybridized carbons (Fsp3) is 0.471. The molecule has 0 spiro atoms. The summed E-state index contributed by atoms with van der Waals surface area (Å²) in [6.45, 7) is 0. The van der Waals surface area contributed by atoms with Crippen LogP contribution in [0.15, 0.2) is 18.2 Å². The van der Waals surface area contributed by atoms with Crippen molar-refractivity contribution in [2.24, 2.45) is 0 Å². The van der Waals surface area contributed by atoms with Crippen molar-refractivity contribution in [1.29, 1.82) is 0 Å². The molecule has 1 aromatic carbocycles. The molecule has 134 valence electrons. The fourth-order valence-electron chi connectivity index (χ4n) is 2.92. The Hall–Kier alpha value is -2.28. The van der Waals surface area contributed by atoms with Gasteiger partial charge in [-0.15, -0.1) is 0 Å². The van der Waals surface area contributed by atoms with Gasteiger partial charge >= 0.3 is 0 Å². The molecule has 1 aromatic heterocycles. The lowest BCUT2D eigenvalue weighted by atomic mass is 9.96. The molecular weight excluding hydrogens is 342 g/mol. The lowest BCUT2D eigenvalue weighted by Gasteiger charge is -2.22. The number of halogens is 1. The summed E-state index contributed by atoms with van der Waals surface area (Å²) in [4.78, 5) is 12.8. The van der Waals surface area contributed by atoms with Crippen molar-refractivity contribution in [2.75, 3.05) is 24.9 Å². The Balaban J connectivity index is 1.78. The maximum Gasteiger partial charge on any atom is 0.233 e. The zero-order chi connectivity index (χ0) is 17.6. The molecule has 1 heterocycles. The third-order valence-electron chi connectivity index (χ3n) is 4.20. The summed E-state index contributed by atoms with van der Waals surface area (Å²) in [6.07, 6.45) is 5.99.